The highest BCUT2D eigenvalue weighted by Gasteiger charge is 2.24. The van der Waals surface area contributed by atoms with Gasteiger partial charge in [-0.05, 0) is 72.4 Å². The minimum atomic E-state index is -0.970. The largest absolute Gasteiger partial charge is 0.388 e. The second-order valence-corrected chi connectivity index (χ2v) is 10.2. The van der Waals surface area contributed by atoms with E-state index in [1.54, 1.807) is 12.1 Å². The summed E-state index contributed by atoms with van der Waals surface area (Å²) in [6, 6.07) is 24.3. The molecule has 2 atom stereocenters. The fourth-order valence-corrected chi connectivity index (χ4v) is 5.14. The normalized spacial score (nSPS) is 15.6. The number of pyridine rings is 1. The van der Waals surface area contributed by atoms with Gasteiger partial charge >= 0.3 is 0 Å². The molecule has 2 N–H and O–H groups in total. The second-order valence-electron chi connectivity index (χ2n) is 9.78. The van der Waals surface area contributed by atoms with Gasteiger partial charge in [-0.2, -0.15) is 0 Å². The molecule has 194 valence electrons. The van der Waals surface area contributed by atoms with Crippen molar-refractivity contribution in [3.05, 3.63) is 112 Å². The molecule has 5 nitrogen and oxygen atoms in total. The maximum Gasteiger partial charge on any atom is 0.254 e. The summed E-state index contributed by atoms with van der Waals surface area (Å²) in [7, 11) is 0. The number of fused-ring (bicyclic) bond motifs is 1. The van der Waals surface area contributed by atoms with Crippen molar-refractivity contribution < 1.29 is 15.0 Å². The smallest absolute Gasteiger partial charge is 0.254 e. The molecule has 0 saturated carbocycles. The first-order valence-electron chi connectivity index (χ1n) is 13.1. The third-order valence-corrected chi connectivity index (χ3v) is 7.29. The van der Waals surface area contributed by atoms with E-state index in [0.717, 1.165) is 54.5 Å². The number of aliphatic hydroxyl groups is 2. The number of aliphatic hydroxyl groups excluding tert-OH is 2. The molecule has 0 aliphatic carbocycles. The standard InChI is InChI=1S/C32H31ClN2O3/c33-25-14-12-23-13-16-26(34-29(23)20-25)15-11-22-7-6-8-24(19-22)30(36)21-31(37)27-9-2-3-10-28(27)32(38)35-17-4-1-5-18-35/h2-3,6-16,19-20,30-31,36-37H,1,4-5,17-18,21H2/b15-11+/t30-,31?/m0/s1. The molecule has 0 radical (unpaired) electrons. The summed E-state index contributed by atoms with van der Waals surface area (Å²) in [6.07, 6.45) is 5.24. The van der Waals surface area contributed by atoms with Crippen LogP contribution in [-0.4, -0.2) is 39.1 Å². The Morgan fingerprint density at radius 3 is 2.53 bits per heavy atom. The molecule has 6 heteroatoms. The molecular formula is C32H31ClN2O3. The lowest BCUT2D eigenvalue weighted by Gasteiger charge is -2.28. The van der Waals surface area contributed by atoms with E-state index >= 15 is 0 Å². The molecule has 38 heavy (non-hydrogen) atoms. The van der Waals surface area contributed by atoms with Gasteiger partial charge in [0.15, 0.2) is 0 Å². The van der Waals surface area contributed by atoms with Crippen LogP contribution in [0.4, 0.5) is 0 Å². The van der Waals surface area contributed by atoms with Gasteiger partial charge in [-0.15, -0.1) is 0 Å². The number of benzene rings is 3. The van der Waals surface area contributed by atoms with Crippen LogP contribution in [0.3, 0.4) is 0 Å². The molecule has 3 aromatic carbocycles. The van der Waals surface area contributed by atoms with Gasteiger partial charge in [0.2, 0.25) is 0 Å². The molecule has 1 aliphatic heterocycles. The molecule has 1 aliphatic rings. The highest BCUT2D eigenvalue weighted by molar-refractivity contribution is 6.31. The average molecular weight is 527 g/mol. The van der Waals surface area contributed by atoms with Gasteiger partial charge in [0.05, 0.1) is 23.4 Å². The first kappa shape index (κ1) is 26.1. The van der Waals surface area contributed by atoms with E-state index < -0.39 is 12.2 Å². The number of hydrogen-bond donors (Lipinski definition) is 2. The molecule has 1 aromatic heterocycles. The Hall–Kier alpha value is -3.51. The Kier molecular flexibility index (Phi) is 8.18. The number of piperidine rings is 1. The quantitative estimate of drug-likeness (QED) is 0.276. The SMILES string of the molecule is O=C(c1ccccc1C(O)C[C@H](O)c1cccc(/C=C/c2ccc3ccc(Cl)cc3n2)c1)N1CCCCC1. The van der Waals surface area contributed by atoms with Crippen molar-refractivity contribution in [1.29, 1.82) is 0 Å². The zero-order valence-electron chi connectivity index (χ0n) is 21.1. The molecule has 5 rings (SSSR count). The zero-order chi connectivity index (χ0) is 26.5. The van der Waals surface area contributed by atoms with E-state index in [1.165, 1.54) is 0 Å². The van der Waals surface area contributed by atoms with Gasteiger partial charge in [-0.1, -0.05) is 66.2 Å². The van der Waals surface area contributed by atoms with E-state index in [-0.39, 0.29) is 12.3 Å². The zero-order valence-corrected chi connectivity index (χ0v) is 21.9. The number of hydrogen-bond acceptors (Lipinski definition) is 4. The first-order chi connectivity index (χ1) is 18.5. The number of halogens is 1. The highest BCUT2D eigenvalue weighted by Crippen LogP contribution is 2.30. The van der Waals surface area contributed by atoms with Crippen molar-refractivity contribution in [3.8, 4) is 0 Å². The van der Waals surface area contributed by atoms with Crippen LogP contribution in [0.1, 0.15) is 70.6 Å². The van der Waals surface area contributed by atoms with Gasteiger partial charge in [0.1, 0.15) is 0 Å². The molecule has 0 bridgehead atoms. The van der Waals surface area contributed by atoms with Crippen LogP contribution in [0.15, 0.2) is 78.9 Å². The minimum Gasteiger partial charge on any atom is -0.388 e. The van der Waals surface area contributed by atoms with Gasteiger partial charge in [0, 0.05) is 35.5 Å². The Morgan fingerprint density at radius 2 is 1.68 bits per heavy atom. The van der Waals surface area contributed by atoms with Crippen molar-refractivity contribution in [2.24, 2.45) is 0 Å². The van der Waals surface area contributed by atoms with Crippen LogP contribution in [0.2, 0.25) is 5.02 Å². The van der Waals surface area contributed by atoms with Gasteiger partial charge in [0.25, 0.3) is 5.91 Å². The van der Waals surface area contributed by atoms with Crippen LogP contribution >= 0.6 is 11.6 Å². The Morgan fingerprint density at radius 1 is 0.895 bits per heavy atom. The Bertz CT molecular complexity index is 1460. The number of aromatic nitrogens is 1. The summed E-state index contributed by atoms with van der Waals surface area (Å²) in [6.45, 7) is 1.49. The van der Waals surface area contributed by atoms with E-state index in [1.807, 2.05) is 83.8 Å². The van der Waals surface area contributed by atoms with E-state index in [0.29, 0.717) is 21.7 Å². The second kappa shape index (κ2) is 11.9. The van der Waals surface area contributed by atoms with Gasteiger partial charge in [-0.3, -0.25) is 4.79 Å². The van der Waals surface area contributed by atoms with Crippen molar-refractivity contribution in [2.75, 3.05) is 13.1 Å². The number of carbonyl (C=O) groups excluding carboxylic acids is 1. The van der Waals surface area contributed by atoms with Gasteiger partial charge < -0.3 is 15.1 Å². The molecule has 1 unspecified atom stereocenters. The van der Waals surface area contributed by atoms with Crippen molar-refractivity contribution in [2.45, 2.75) is 37.9 Å². The van der Waals surface area contributed by atoms with Crippen LogP contribution < -0.4 is 0 Å². The molecule has 1 saturated heterocycles. The Labute approximate surface area is 228 Å². The van der Waals surface area contributed by atoms with Crippen molar-refractivity contribution in [1.82, 2.24) is 9.88 Å². The lowest BCUT2D eigenvalue weighted by molar-refractivity contribution is 0.0682. The number of amides is 1. The predicted molar refractivity (Wildman–Crippen MR) is 153 cm³/mol. The number of carbonyl (C=O) groups is 1. The minimum absolute atomic E-state index is 0.0504. The number of nitrogens with zero attached hydrogens (tertiary/aromatic N) is 2. The monoisotopic (exact) mass is 526 g/mol. The summed E-state index contributed by atoms with van der Waals surface area (Å²) in [5, 5.41) is 23.7. The maximum atomic E-state index is 13.1. The topological polar surface area (TPSA) is 73.7 Å². The lowest BCUT2D eigenvalue weighted by atomic mass is 9.94. The fraction of sp³-hybridized carbons (Fsp3) is 0.250. The van der Waals surface area contributed by atoms with Crippen LogP contribution in [0, 0.1) is 0 Å². The molecule has 4 aromatic rings. The van der Waals surface area contributed by atoms with E-state index in [2.05, 4.69) is 4.98 Å². The third kappa shape index (κ3) is 6.13. The van der Waals surface area contributed by atoms with E-state index in [4.69, 9.17) is 11.6 Å². The van der Waals surface area contributed by atoms with Crippen molar-refractivity contribution in [3.63, 3.8) is 0 Å². The average Bonchev–Trinajstić information content (AvgIpc) is 2.96. The third-order valence-electron chi connectivity index (χ3n) is 7.06. The van der Waals surface area contributed by atoms with Crippen LogP contribution in [0.5, 0.6) is 0 Å². The number of likely N-dealkylation sites (tertiary alicyclic amines) is 1. The summed E-state index contributed by atoms with van der Waals surface area (Å²) in [5.74, 6) is -0.0504. The summed E-state index contributed by atoms with van der Waals surface area (Å²) in [4.78, 5) is 19.7. The molecule has 2 heterocycles. The molecular weight excluding hydrogens is 496 g/mol. The predicted octanol–water partition coefficient (Wildman–Crippen LogP) is 6.84. The number of rotatable bonds is 7. The van der Waals surface area contributed by atoms with Crippen LogP contribution in [-0.2, 0) is 0 Å². The summed E-state index contributed by atoms with van der Waals surface area (Å²) < 4.78 is 0. The lowest BCUT2D eigenvalue weighted by Crippen LogP contribution is -2.36. The summed E-state index contributed by atoms with van der Waals surface area (Å²) >= 11 is 6.11. The van der Waals surface area contributed by atoms with Crippen molar-refractivity contribution >= 4 is 40.6 Å². The first-order valence-corrected chi connectivity index (χ1v) is 13.4. The molecule has 1 fully saturated rings. The van der Waals surface area contributed by atoms with Crippen LogP contribution in [0.25, 0.3) is 23.1 Å². The highest BCUT2D eigenvalue weighted by atomic mass is 35.5. The Balaban J connectivity index is 1.29. The molecule has 1 amide bonds. The summed E-state index contributed by atoms with van der Waals surface area (Å²) in [5.41, 5.74) is 4.30. The van der Waals surface area contributed by atoms with E-state index in [9.17, 15) is 15.0 Å². The maximum absolute atomic E-state index is 13.1. The molecule has 0 spiro atoms. The van der Waals surface area contributed by atoms with Gasteiger partial charge in [-0.25, -0.2) is 4.98 Å². The fourth-order valence-electron chi connectivity index (χ4n) is 4.97.